The van der Waals surface area contributed by atoms with Gasteiger partial charge in [-0.05, 0) is 12.7 Å². The van der Waals surface area contributed by atoms with Gasteiger partial charge in [0.25, 0.3) is 0 Å². The summed E-state index contributed by atoms with van der Waals surface area (Å²) >= 11 is 1.82. The van der Waals surface area contributed by atoms with Crippen molar-refractivity contribution in [1.29, 1.82) is 5.41 Å². The van der Waals surface area contributed by atoms with Gasteiger partial charge in [0.15, 0.2) is 0 Å². The van der Waals surface area contributed by atoms with Crippen LogP contribution in [0.25, 0.3) is 0 Å². The van der Waals surface area contributed by atoms with E-state index in [1.165, 1.54) is 0 Å². The largest absolute Gasteiger partial charge is 0.387 e. The third-order valence-corrected chi connectivity index (χ3v) is 3.40. The van der Waals surface area contributed by atoms with Crippen LogP contribution in [0.4, 0.5) is 0 Å². The minimum atomic E-state index is -0.174. The molecule has 72 valence electrons. The third kappa shape index (κ3) is 3.48. The van der Waals surface area contributed by atoms with Crippen LogP contribution >= 0.6 is 11.8 Å². The molecule has 0 aliphatic carbocycles. The molecule has 0 unspecified atom stereocenters. The van der Waals surface area contributed by atoms with E-state index in [4.69, 9.17) is 11.1 Å². The Morgan fingerprint density at radius 2 is 1.75 bits per heavy atom. The molecule has 0 atom stereocenters. The molecule has 12 heavy (non-hydrogen) atoms. The van der Waals surface area contributed by atoms with E-state index in [1.54, 1.807) is 0 Å². The van der Waals surface area contributed by atoms with Gasteiger partial charge in [0.1, 0.15) is 0 Å². The Bertz CT molecular complexity index is 173. The fourth-order valence-electron chi connectivity index (χ4n) is 1.23. The van der Waals surface area contributed by atoms with Crippen LogP contribution in [0.2, 0.25) is 0 Å². The molecule has 0 amide bonds. The summed E-state index contributed by atoms with van der Waals surface area (Å²) in [4.78, 5) is 0. The summed E-state index contributed by atoms with van der Waals surface area (Å²) in [6.45, 7) is 8.41. The Kier molecular flexibility index (Phi) is 3.63. The molecule has 0 aromatic carbocycles. The predicted octanol–water partition coefficient (Wildman–Crippen LogP) is 2.48. The standard InChI is InChI=1S/C9H20N2S/c1-8(2,7(10)11)6-9(3,4)12-5/h6H2,1-5H3,(H3,10,11). The molecular weight excluding hydrogens is 168 g/mol. The van der Waals surface area contributed by atoms with Crippen LogP contribution in [-0.4, -0.2) is 16.8 Å². The molecule has 2 nitrogen and oxygen atoms in total. The van der Waals surface area contributed by atoms with Gasteiger partial charge in [0, 0.05) is 10.2 Å². The zero-order valence-corrected chi connectivity index (χ0v) is 9.51. The number of rotatable bonds is 4. The second-order valence-electron chi connectivity index (χ2n) is 4.44. The van der Waals surface area contributed by atoms with E-state index < -0.39 is 0 Å². The fraction of sp³-hybridized carbons (Fsp3) is 0.889. The molecule has 0 fully saturated rings. The van der Waals surface area contributed by atoms with Crippen LogP contribution < -0.4 is 5.73 Å². The molecule has 0 spiro atoms. The smallest absolute Gasteiger partial charge is 0.0963 e. The van der Waals surface area contributed by atoms with Crippen LogP contribution in [0.5, 0.6) is 0 Å². The van der Waals surface area contributed by atoms with E-state index >= 15 is 0 Å². The topological polar surface area (TPSA) is 49.9 Å². The Morgan fingerprint density at radius 1 is 1.33 bits per heavy atom. The van der Waals surface area contributed by atoms with E-state index in [2.05, 4.69) is 20.1 Å². The fourth-order valence-corrected chi connectivity index (χ4v) is 1.74. The van der Waals surface area contributed by atoms with Gasteiger partial charge in [-0.25, -0.2) is 0 Å². The highest BCUT2D eigenvalue weighted by atomic mass is 32.2. The van der Waals surface area contributed by atoms with Crippen molar-refractivity contribution >= 4 is 17.6 Å². The van der Waals surface area contributed by atoms with Gasteiger partial charge >= 0.3 is 0 Å². The first-order valence-electron chi connectivity index (χ1n) is 4.11. The van der Waals surface area contributed by atoms with E-state index in [0.29, 0.717) is 0 Å². The van der Waals surface area contributed by atoms with Gasteiger partial charge in [-0.3, -0.25) is 5.41 Å². The van der Waals surface area contributed by atoms with E-state index in [9.17, 15) is 0 Å². The summed E-state index contributed by atoms with van der Waals surface area (Å²) < 4.78 is 0.204. The minimum Gasteiger partial charge on any atom is -0.387 e. The van der Waals surface area contributed by atoms with Crippen LogP contribution in [0, 0.1) is 10.8 Å². The molecule has 0 aromatic heterocycles. The molecule has 3 heteroatoms. The molecular formula is C9H20N2S. The highest BCUT2D eigenvalue weighted by Crippen LogP contribution is 2.35. The van der Waals surface area contributed by atoms with Crippen molar-refractivity contribution in [3.63, 3.8) is 0 Å². The highest BCUT2D eigenvalue weighted by molar-refractivity contribution is 7.99. The molecule has 0 radical (unpaired) electrons. The molecule has 0 saturated heterocycles. The zero-order valence-electron chi connectivity index (χ0n) is 8.69. The number of thioether (sulfide) groups is 1. The summed E-state index contributed by atoms with van der Waals surface area (Å²) in [5, 5.41) is 7.42. The second-order valence-corrected chi connectivity index (χ2v) is 5.95. The minimum absolute atomic E-state index is 0.174. The molecule has 0 bridgehead atoms. The monoisotopic (exact) mass is 188 g/mol. The van der Waals surface area contributed by atoms with Gasteiger partial charge in [-0.15, -0.1) is 0 Å². The lowest BCUT2D eigenvalue weighted by atomic mass is 9.82. The Hall–Kier alpha value is -0.180. The number of amidine groups is 1. The molecule has 0 heterocycles. The summed E-state index contributed by atoms with van der Waals surface area (Å²) in [6.07, 6.45) is 3.03. The first-order chi connectivity index (χ1) is 5.21. The van der Waals surface area contributed by atoms with E-state index in [0.717, 1.165) is 6.42 Å². The molecule has 3 N–H and O–H groups in total. The van der Waals surface area contributed by atoms with Gasteiger partial charge in [-0.2, -0.15) is 11.8 Å². The first-order valence-corrected chi connectivity index (χ1v) is 5.33. The average Bonchev–Trinajstić information content (AvgIpc) is 1.85. The maximum absolute atomic E-state index is 7.42. The van der Waals surface area contributed by atoms with Crippen LogP contribution in [0.15, 0.2) is 0 Å². The molecule has 0 aliphatic heterocycles. The van der Waals surface area contributed by atoms with Crippen molar-refractivity contribution in [3.05, 3.63) is 0 Å². The number of hydrogen-bond donors (Lipinski definition) is 2. The van der Waals surface area contributed by atoms with Crippen molar-refractivity contribution in [2.45, 2.75) is 38.9 Å². The van der Waals surface area contributed by atoms with Crippen LogP contribution in [-0.2, 0) is 0 Å². The maximum atomic E-state index is 7.42. The average molecular weight is 188 g/mol. The molecule has 0 rings (SSSR count). The first kappa shape index (κ1) is 11.8. The Balaban J connectivity index is 4.34. The summed E-state index contributed by atoms with van der Waals surface area (Å²) in [5.41, 5.74) is 5.33. The molecule has 0 aliphatic rings. The molecule has 0 aromatic rings. The number of nitrogens with two attached hydrogens (primary N) is 1. The third-order valence-electron chi connectivity index (χ3n) is 2.15. The summed E-state index contributed by atoms with van der Waals surface area (Å²) in [7, 11) is 0. The lowest BCUT2D eigenvalue weighted by Gasteiger charge is -2.32. The van der Waals surface area contributed by atoms with Crippen molar-refractivity contribution in [1.82, 2.24) is 0 Å². The SMILES string of the molecule is CSC(C)(C)CC(C)(C)C(=N)N. The lowest BCUT2D eigenvalue weighted by molar-refractivity contribution is 0.415. The van der Waals surface area contributed by atoms with Gasteiger partial charge < -0.3 is 5.73 Å². The van der Waals surface area contributed by atoms with E-state index in [-0.39, 0.29) is 16.0 Å². The van der Waals surface area contributed by atoms with Crippen molar-refractivity contribution in [2.24, 2.45) is 11.1 Å². The number of nitrogens with one attached hydrogen (secondary N) is 1. The Labute approximate surface area is 79.8 Å². The van der Waals surface area contributed by atoms with Crippen molar-refractivity contribution in [2.75, 3.05) is 6.26 Å². The normalized spacial score (nSPS) is 13.1. The lowest BCUT2D eigenvalue weighted by Crippen LogP contribution is -2.36. The van der Waals surface area contributed by atoms with Gasteiger partial charge in [0.05, 0.1) is 5.84 Å². The van der Waals surface area contributed by atoms with Gasteiger partial charge in [0.2, 0.25) is 0 Å². The predicted molar refractivity (Wildman–Crippen MR) is 57.9 cm³/mol. The maximum Gasteiger partial charge on any atom is 0.0963 e. The zero-order chi connectivity index (χ0) is 9.99. The van der Waals surface area contributed by atoms with Gasteiger partial charge in [-0.1, -0.05) is 27.7 Å². The van der Waals surface area contributed by atoms with E-state index in [1.807, 2.05) is 25.6 Å². The quantitative estimate of drug-likeness (QED) is 0.526. The summed E-state index contributed by atoms with van der Waals surface area (Å²) in [5.74, 6) is 0.282. The summed E-state index contributed by atoms with van der Waals surface area (Å²) in [6, 6.07) is 0. The number of hydrogen-bond acceptors (Lipinski definition) is 2. The van der Waals surface area contributed by atoms with Crippen LogP contribution in [0.1, 0.15) is 34.1 Å². The molecule has 0 saturated carbocycles. The van der Waals surface area contributed by atoms with Crippen molar-refractivity contribution in [3.8, 4) is 0 Å². The van der Waals surface area contributed by atoms with Crippen LogP contribution in [0.3, 0.4) is 0 Å². The second kappa shape index (κ2) is 3.69. The highest BCUT2D eigenvalue weighted by Gasteiger charge is 2.30. The Morgan fingerprint density at radius 3 is 2.00 bits per heavy atom. The van der Waals surface area contributed by atoms with Crippen molar-refractivity contribution < 1.29 is 0 Å².